The Morgan fingerprint density at radius 1 is 0.550 bits per heavy atom. The standard InChI is InChI=1S/C36H52N4/c1-27(2)19-23-37-29(5)31(7)39(25-21-33-15-11-9-12-16-33)35(37)36-38(24-20-28(3)4)30(6)32(8)40(36)26-22-34-17-13-10-14-18-34/h9-18,27-28H,19-26H2,1-8H3/q+2. The first kappa shape index (κ1) is 29.8. The molecule has 0 aliphatic heterocycles. The van der Waals surface area contributed by atoms with E-state index in [2.05, 4.69) is 134 Å². The molecule has 0 unspecified atom stereocenters. The highest BCUT2D eigenvalue weighted by Gasteiger charge is 2.39. The van der Waals surface area contributed by atoms with Crippen molar-refractivity contribution >= 4 is 0 Å². The molecule has 0 saturated carbocycles. The number of aromatic nitrogens is 4. The molecule has 0 radical (unpaired) electrons. The maximum absolute atomic E-state index is 2.64. The van der Waals surface area contributed by atoms with Crippen LogP contribution < -0.4 is 9.13 Å². The lowest BCUT2D eigenvalue weighted by Gasteiger charge is -2.10. The summed E-state index contributed by atoms with van der Waals surface area (Å²) in [5.74, 6) is 4.07. The van der Waals surface area contributed by atoms with Crippen LogP contribution in [0.2, 0.25) is 0 Å². The summed E-state index contributed by atoms with van der Waals surface area (Å²) in [6, 6.07) is 21.9. The van der Waals surface area contributed by atoms with Gasteiger partial charge in [0.05, 0.1) is 26.2 Å². The largest absolute Gasteiger partial charge is 0.373 e. The molecule has 0 aliphatic carbocycles. The minimum absolute atomic E-state index is 0.661. The molecule has 4 rings (SSSR count). The van der Waals surface area contributed by atoms with Gasteiger partial charge in [-0.05, 0) is 35.8 Å². The summed E-state index contributed by atoms with van der Waals surface area (Å²) in [6.07, 6.45) is 4.41. The van der Waals surface area contributed by atoms with Crippen LogP contribution in [-0.4, -0.2) is 9.13 Å². The van der Waals surface area contributed by atoms with E-state index in [1.54, 1.807) is 0 Å². The van der Waals surface area contributed by atoms with Crippen LogP contribution in [0.15, 0.2) is 60.7 Å². The monoisotopic (exact) mass is 540 g/mol. The predicted octanol–water partition coefficient (Wildman–Crippen LogP) is 7.34. The van der Waals surface area contributed by atoms with E-state index >= 15 is 0 Å². The highest BCUT2D eigenvalue weighted by molar-refractivity contribution is 5.42. The van der Waals surface area contributed by atoms with Crippen LogP contribution in [0, 0.1) is 39.5 Å². The fourth-order valence-corrected chi connectivity index (χ4v) is 5.83. The second kappa shape index (κ2) is 13.5. The van der Waals surface area contributed by atoms with Crippen molar-refractivity contribution in [1.82, 2.24) is 9.13 Å². The highest BCUT2D eigenvalue weighted by Crippen LogP contribution is 2.25. The van der Waals surface area contributed by atoms with Crippen LogP contribution >= 0.6 is 0 Å². The van der Waals surface area contributed by atoms with E-state index in [1.165, 1.54) is 58.4 Å². The van der Waals surface area contributed by atoms with E-state index in [4.69, 9.17) is 0 Å². The molecule has 4 nitrogen and oxygen atoms in total. The topological polar surface area (TPSA) is 17.6 Å². The fraction of sp³-hybridized carbons (Fsp3) is 0.500. The first-order valence-corrected chi connectivity index (χ1v) is 15.5. The van der Waals surface area contributed by atoms with Gasteiger partial charge in [0.2, 0.25) is 0 Å². The second-order valence-corrected chi connectivity index (χ2v) is 12.4. The maximum Gasteiger partial charge on any atom is 0.373 e. The summed E-state index contributed by atoms with van der Waals surface area (Å²) in [6.45, 7) is 22.7. The van der Waals surface area contributed by atoms with Crippen LogP contribution in [0.1, 0.15) is 74.4 Å². The Balaban J connectivity index is 1.89. The zero-order chi connectivity index (χ0) is 28.8. The van der Waals surface area contributed by atoms with Gasteiger partial charge < -0.3 is 0 Å². The summed E-state index contributed by atoms with van der Waals surface area (Å²) in [4.78, 5) is 0. The van der Waals surface area contributed by atoms with Gasteiger partial charge in [-0.2, -0.15) is 0 Å². The zero-order valence-corrected chi connectivity index (χ0v) is 26.4. The van der Waals surface area contributed by atoms with Gasteiger partial charge in [-0.3, -0.25) is 0 Å². The third kappa shape index (κ3) is 6.77. The predicted molar refractivity (Wildman–Crippen MR) is 166 cm³/mol. The molecule has 2 aromatic heterocycles. The molecular weight excluding hydrogens is 488 g/mol. The number of nitrogens with zero attached hydrogens (tertiary/aromatic N) is 4. The van der Waals surface area contributed by atoms with Crippen LogP contribution in [0.3, 0.4) is 0 Å². The molecule has 0 N–H and O–H groups in total. The molecule has 4 heteroatoms. The zero-order valence-electron chi connectivity index (χ0n) is 26.4. The van der Waals surface area contributed by atoms with Gasteiger partial charge in [0.15, 0.2) is 0 Å². The van der Waals surface area contributed by atoms with Crippen molar-refractivity contribution < 1.29 is 9.13 Å². The summed E-state index contributed by atoms with van der Waals surface area (Å²) in [5.41, 5.74) is 8.35. The minimum atomic E-state index is 0.661. The minimum Gasteiger partial charge on any atom is -0.220 e. The van der Waals surface area contributed by atoms with E-state index in [-0.39, 0.29) is 0 Å². The SMILES string of the molecule is Cc1c(C)[n+](CCC(C)C)c(-c2n(CCc3ccccc3)c(C)c(C)[n+]2CCC(C)C)n1CCc1ccccc1. The lowest BCUT2D eigenvalue weighted by atomic mass is 10.1. The van der Waals surface area contributed by atoms with Crippen molar-refractivity contribution in [3.05, 3.63) is 94.6 Å². The van der Waals surface area contributed by atoms with Crippen LogP contribution in [0.25, 0.3) is 11.6 Å². The molecule has 0 aliphatic rings. The molecule has 4 aromatic rings. The number of imidazole rings is 2. The Hall–Kier alpha value is -3.14. The third-order valence-electron chi connectivity index (χ3n) is 8.68. The van der Waals surface area contributed by atoms with E-state index in [1.807, 2.05) is 0 Å². The first-order valence-electron chi connectivity index (χ1n) is 15.5. The summed E-state index contributed by atoms with van der Waals surface area (Å²) >= 11 is 0. The van der Waals surface area contributed by atoms with Crippen molar-refractivity contribution in [1.29, 1.82) is 0 Å². The molecular formula is C36H52N4+2. The first-order chi connectivity index (χ1) is 19.2. The molecule has 0 amide bonds. The van der Waals surface area contributed by atoms with Gasteiger partial charge in [-0.15, -0.1) is 0 Å². The van der Waals surface area contributed by atoms with Gasteiger partial charge in [-0.25, -0.2) is 18.3 Å². The number of benzene rings is 2. The number of aryl methyl sites for hydroxylation is 2. The van der Waals surface area contributed by atoms with E-state index in [9.17, 15) is 0 Å². The molecule has 0 saturated heterocycles. The van der Waals surface area contributed by atoms with Crippen molar-refractivity contribution in [3.63, 3.8) is 0 Å². The average molecular weight is 541 g/mol. The average Bonchev–Trinajstić information content (AvgIpc) is 3.32. The van der Waals surface area contributed by atoms with Crippen molar-refractivity contribution in [2.45, 2.75) is 107 Å². The highest BCUT2D eigenvalue weighted by atomic mass is 15.3. The van der Waals surface area contributed by atoms with Crippen molar-refractivity contribution in [3.8, 4) is 11.6 Å². The number of hydrogen-bond acceptors (Lipinski definition) is 0. The van der Waals surface area contributed by atoms with E-state index in [0.717, 1.165) is 39.0 Å². The Morgan fingerprint density at radius 3 is 1.23 bits per heavy atom. The Bertz CT molecular complexity index is 1270. The third-order valence-corrected chi connectivity index (χ3v) is 8.68. The molecule has 0 atom stereocenters. The molecule has 214 valence electrons. The lowest BCUT2D eigenvalue weighted by molar-refractivity contribution is -0.721. The van der Waals surface area contributed by atoms with E-state index < -0.39 is 0 Å². The van der Waals surface area contributed by atoms with Crippen molar-refractivity contribution in [2.75, 3.05) is 0 Å². The summed E-state index contributed by atoms with van der Waals surface area (Å²) in [5, 5.41) is 0. The molecule has 2 heterocycles. The molecule has 0 spiro atoms. The second-order valence-electron chi connectivity index (χ2n) is 12.4. The van der Waals surface area contributed by atoms with Crippen LogP contribution in [0.5, 0.6) is 0 Å². The quantitative estimate of drug-likeness (QED) is 0.158. The van der Waals surface area contributed by atoms with Gasteiger partial charge >= 0.3 is 11.6 Å². The van der Waals surface area contributed by atoms with E-state index in [0.29, 0.717) is 11.8 Å². The Kier molecular flexibility index (Phi) is 10.1. The lowest BCUT2D eigenvalue weighted by Crippen LogP contribution is -2.46. The Labute approximate surface area is 243 Å². The maximum atomic E-state index is 2.64. The molecule has 0 fully saturated rings. The molecule has 0 bridgehead atoms. The van der Waals surface area contributed by atoms with Gasteiger partial charge in [0.1, 0.15) is 22.8 Å². The number of hydrogen-bond donors (Lipinski definition) is 0. The number of rotatable bonds is 13. The fourth-order valence-electron chi connectivity index (χ4n) is 5.83. The summed E-state index contributed by atoms with van der Waals surface area (Å²) in [7, 11) is 0. The normalized spacial score (nSPS) is 11.8. The molecule has 2 aromatic carbocycles. The van der Waals surface area contributed by atoms with Crippen LogP contribution in [-0.2, 0) is 39.0 Å². The van der Waals surface area contributed by atoms with Gasteiger partial charge in [-0.1, -0.05) is 88.4 Å². The van der Waals surface area contributed by atoms with Crippen LogP contribution in [0.4, 0.5) is 0 Å². The van der Waals surface area contributed by atoms with Crippen molar-refractivity contribution in [2.24, 2.45) is 11.8 Å². The van der Waals surface area contributed by atoms with Gasteiger partial charge in [0.25, 0.3) is 0 Å². The molecule has 40 heavy (non-hydrogen) atoms. The van der Waals surface area contributed by atoms with Gasteiger partial charge in [0, 0.05) is 40.5 Å². The Morgan fingerprint density at radius 2 is 0.900 bits per heavy atom. The summed E-state index contributed by atoms with van der Waals surface area (Å²) < 4.78 is 10.5. The smallest absolute Gasteiger partial charge is 0.220 e.